The van der Waals surface area contributed by atoms with Gasteiger partial charge in [-0.05, 0) is 19.3 Å². The highest BCUT2D eigenvalue weighted by Gasteiger charge is 2.31. The van der Waals surface area contributed by atoms with Gasteiger partial charge in [0.05, 0.1) is 6.61 Å². The molecule has 1 unspecified atom stereocenters. The van der Waals surface area contributed by atoms with Gasteiger partial charge < -0.3 is 10.1 Å². The fourth-order valence-electron chi connectivity index (χ4n) is 3.37. The van der Waals surface area contributed by atoms with Crippen LogP contribution in [0.3, 0.4) is 0 Å². The third-order valence-electron chi connectivity index (χ3n) is 4.43. The van der Waals surface area contributed by atoms with Crippen molar-refractivity contribution in [3.63, 3.8) is 0 Å². The van der Waals surface area contributed by atoms with Gasteiger partial charge in [-0.15, -0.1) is 0 Å². The summed E-state index contributed by atoms with van der Waals surface area (Å²) in [6, 6.07) is -0.00912. The molecule has 4 nitrogen and oxygen atoms in total. The number of carbonyl (C=O) groups is 1. The highest BCUT2D eigenvalue weighted by Crippen LogP contribution is 2.29. The van der Waals surface area contributed by atoms with Gasteiger partial charge in [0.25, 0.3) is 0 Å². The topological polar surface area (TPSA) is 41.6 Å². The van der Waals surface area contributed by atoms with Crippen LogP contribution in [0.5, 0.6) is 0 Å². The predicted octanol–water partition coefficient (Wildman–Crippen LogP) is 1.79. The van der Waals surface area contributed by atoms with Crippen LogP contribution in [0.15, 0.2) is 0 Å². The zero-order valence-corrected chi connectivity index (χ0v) is 12.2. The number of hydrogen-bond donors (Lipinski definition) is 1. The number of esters is 1. The van der Waals surface area contributed by atoms with Crippen LogP contribution in [-0.4, -0.2) is 49.7 Å². The zero-order chi connectivity index (χ0) is 13.5. The van der Waals surface area contributed by atoms with Gasteiger partial charge in [-0.1, -0.05) is 32.1 Å². The maximum absolute atomic E-state index is 12.2. The van der Waals surface area contributed by atoms with E-state index in [1.165, 1.54) is 32.1 Å². The molecule has 0 aromatic carbocycles. The van der Waals surface area contributed by atoms with E-state index >= 15 is 0 Å². The summed E-state index contributed by atoms with van der Waals surface area (Å²) >= 11 is 0. The first-order valence-electron chi connectivity index (χ1n) is 7.92. The first-order chi connectivity index (χ1) is 9.31. The van der Waals surface area contributed by atoms with Gasteiger partial charge in [0.2, 0.25) is 0 Å². The molecular weight excluding hydrogens is 240 g/mol. The van der Waals surface area contributed by atoms with Crippen molar-refractivity contribution in [1.82, 2.24) is 10.2 Å². The maximum atomic E-state index is 12.2. The summed E-state index contributed by atoms with van der Waals surface area (Å²) in [4.78, 5) is 14.6. The minimum atomic E-state index is -0.00912. The van der Waals surface area contributed by atoms with Crippen LogP contribution in [0.1, 0.15) is 45.4 Å². The molecule has 1 saturated carbocycles. The van der Waals surface area contributed by atoms with E-state index in [-0.39, 0.29) is 12.0 Å². The first kappa shape index (κ1) is 14.8. The average molecular weight is 268 g/mol. The molecule has 19 heavy (non-hydrogen) atoms. The Hall–Kier alpha value is -0.610. The lowest BCUT2D eigenvalue weighted by Gasteiger charge is -2.36. The number of nitrogens with zero attached hydrogens (tertiary/aromatic N) is 1. The Morgan fingerprint density at radius 3 is 2.58 bits per heavy atom. The maximum Gasteiger partial charge on any atom is 0.323 e. The van der Waals surface area contributed by atoms with Crippen molar-refractivity contribution in [2.75, 3.05) is 32.8 Å². The van der Waals surface area contributed by atoms with Crippen molar-refractivity contribution in [1.29, 1.82) is 0 Å². The van der Waals surface area contributed by atoms with Crippen LogP contribution >= 0.6 is 0 Å². The smallest absolute Gasteiger partial charge is 0.323 e. The fraction of sp³-hybridized carbons (Fsp3) is 0.933. The summed E-state index contributed by atoms with van der Waals surface area (Å²) in [5.74, 6) is 0.716. The lowest BCUT2D eigenvalue weighted by molar-refractivity contribution is -0.150. The van der Waals surface area contributed by atoms with Crippen molar-refractivity contribution < 1.29 is 9.53 Å². The molecule has 1 heterocycles. The van der Waals surface area contributed by atoms with Crippen molar-refractivity contribution in [3.8, 4) is 0 Å². The number of hydrogen-bond acceptors (Lipinski definition) is 4. The van der Waals surface area contributed by atoms with Gasteiger partial charge >= 0.3 is 5.97 Å². The predicted molar refractivity (Wildman–Crippen MR) is 76.1 cm³/mol. The van der Waals surface area contributed by atoms with E-state index in [0.29, 0.717) is 6.61 Å². The molecule has 0 spiro atoms. The Morgan fingerprint density at radius 2 is 1.95 bits per heavy atom. The third-order valence-corrected chi connectivity index (χ3v) is 4.43. The lowest BCUT2D eigenvalue weighted by Crippen LogP contribution is -2.52. The molecule has 0 radical (unpaired) electrons. The Bertz CT molecular complexity index is 271. The molecule has 2 aliphatic rings. The van der Waals surface area contributed by atoms with Crippen molar-refractivity contribution >= 4 is 5.97 Å². The van der Waals surface area contributed by atoms with Crippen LogP contribution in [0.4, 0.5) is 0 Å². The van der Waals surface area contributed by atoms with Crippen molar-refractivity contribution in [3.05, 3.63) is 0 Å². The number of carbonyl (C=O) groups excluding carboxylic acids is 1. The van der Waals surface area contributed by atoms with Crippen LogP contribution in [0.25, 0.3) is 0 Å². The van der Waals surface area contributed by atoms with Gasteiger partial charge in [-0.3, -0.25) is 9.69 Å². The van der Waals surface area contributed by atoms with Crippen molar-refractivity contribution in [2.45, 2.75) is 51.5 Å². The fourth-order valence-corrected chi connectivity index (χ4v) is 3.37. The normalized spacial score (nSPS) is 24.1. The molecule has 1 aliphatic heterocycles. The molecule has 1 N–H and O–H groups in total. The van der Waals surface area contributed by atoms with E-state index < -0.39 is 0 Å². The molecule has 4 heteroatoms. The second kappa shape index (κ2) is 7.85. The Morgan fingerprint density at radius 1 is 1.26 bits per heavy atom. The zero-order valence-electron chi connectivity index (χ0n) is 12.2. The molecular formula is C15H28N2O2. The molecule has 0 aromatic rings. The summed E-state index contributed by atoms with van der Waals surface area (Å²) in [6.07, 6.45) is 7.63. The number of rotatable bonds is 5. The molecule has 0 amide bonds. The highest BCUT2D eigenvalue weighted by atomic mass is 16.5. The Kier molecular flexibility index (Phi) is 6.11. The molecule has 1 saturated heterocycles. The van der Waals surface area contributed by atoms with Gasteiger partial charge in [0.1, 0.15) is 6.04 Å². The molecule has 2 fully saturated rings. The van der Waals surface area contributed by atoms with Crippen LogP contribution in [0.2, 0.25) is 0 Å². The van der Waals surface area contributed by atoms with E-state index in [4.69, 9.17) is 4.74 Å². The minimum absolute atomic E-state index is 0.00465. The minimum Gasteiger partial charge on any atom is -0.465 e. The Balaban J connectivity index is 1.93. The molecule has 1 atom stereocenters. The van der Waals surface area contributed by atoms with Gasteiger partial charge in [0.15, 0.2) is 0 Å². The number of ether oxygens (including phenoxy) is 1. The number of piperazine rings is 1. The highest BCUT2D eigenvalue weighted by molar-refractivity contribution is 5.75. The summed E-state index contributed by atoms with van der Waals surface area (Å²) in [5, 5.41) is 3.35. The third kappa shape index (κ3) is 4.46. The number of nitrogens with one attached hydrogen (secondary N) is 1. The van der Waals surface area contributed by atoms with Crippen LogP contribution in [0, 0.1) is 5.92 Å². The standard InChI is InChI=1S/C15H28N2O2/c1-2-19-15(18)14(17-10-8-16-9-11-17)12-13-6-4-3-5-7-13/h13-14,16H,2-12H2,1H3. The average Bonchev–Trinajstić information content (AvgIpc) is 2.47. The van der Waals surface area contributed by atoms with E-state index in [1.54, 1.807) is 0 Å². The van der Waals surface area contributed by atoms with Gasteiger partial charge in [0, 0.05) is 26.2 Å². The van der Waals surface area contributed by atoms with E-state index in [2.05, 4.69) is 10.2 Å². The summed E-state index contributed by atoms with van der Waals surface area (Å²) < 4.78 is 5.30. The Labute approximate surface area is 116 Å². The second-order valence-electron chi connectivity index (χ2n) is 5.79. The van der Waals surface area contributed by atoms with Gasteiger partial charge in [-0.2, -0.15) is 0 Å². The lowest BCUT2D eigenvalue weighted by atomic mass is 9.84. The largest absolute Gasteiger partial charge is 0.465 e. The summed E-state index contributed by atoms with van der Waals surface area (Å²) in [5.41, 5.74) is 0. The van der Waals surface area contributed by atoms with Crippen LogP contribution < -0.4 is 5.32 Å². The quantitative estimate of drug-likeness (QED) is 0.772. The van der Waals surface area contributed by atoms with E-state index in [1.807, 2.05) is 6.92 Å². The molecule has 1 aliphatic carbocycles. The SMILES string of the molecule is CCOC(=O)C(CC1CCCCC1)N1CCNCC1. The van der Waals surface area contributed by atoms with Crippen LogP contribution in [-0.2, 0) is 9.53 Å². The summed E-state index contributed by atoms with van der Waals surface area (Å²) in [6.45, 7) is 6.30. The van der Waals surface area contributed by atoms with Crippen molar-refractivity contribution in [2.24, 2.45) is 5.92 Å². The second-order valence-corrected chi connectivity index (χ2v) is 5.79. The first-order valence-corrected chi connectivity index (χ1v) is 7.92. The molecule has 2 rings (SSSR count). The molecule has 110 valence electrons. The summed E-state index contributed by atoms with van der Waals surface area (Å²) in [7, 11) is 0. The van der Waals surface area contributed by atoms with E-state index in [0.717, 1.165) is 38.5 Å². The molecule has 0 aromatic heterocycles. The molecule has 0 bridgehead atoms. The van der Waals surface area contributed by atoms with Gasteiger partial charge in [-0.25, -0.2) is 0 Å². The monoisotopic (exact) mass is 268 g/mol. The van der Waals surface area contributed by atoms with E-state index in [9.17, 15) is 4.79 Å².